The molecule has 3 rings (SSSR count). The average molecular weight is 387 g/mol. The highest BCUT2D eigenvalue weighted by molar-refractivity contribution is 5.85. The number of carbonyl (C=O) groups excluding carboxylic acids is 1. The van der Waals surface area contributed by atoms with Crippen LogP contribution in [0.15, 0.2) is 35.4 Å². The van der Waals surface area contributed by atoms with Crippen LogP contribution in [0.1, 0.15) is 18.1 Å². The van der Waals surface area contributed by atoms with E-state index < -0.39 is 16.4 Å². The van der Waals surface area contributed by atoms with Gasteiger partial charge in [-0.1, -0.05) is 6.07 Å². The second kappa shape index (κ2) is 8.25. The van der Waals surface area contributed by atoms with Crippen LogP contribution in [0.25, 0.3) is 0 Å². The van der Waals surface area contributed by atoms with E-state index in [9.17, 15) is 20.0 Å². The standard InChI is InChI=1S/C18H17N3O7/c1-2-26-16-7-12(5-13(18(16)23)21(24)25)9-19-20-17(22)8-11-3-4-14-15(6-11)28-10-27-14/h3-7,9,23H,2,8,10H2,1H3,(H,20,22)/b19-9-. The molecule has 0 aliphatic carbocycles. The second-order valence-electron chi connectivity index (χ2n) is 5.73. The van der Waals surface area contributed by atoms with Gasteiger partial charge in [-0.25, -0.2) is 5.43 Å². The molecule has 146 valence electrons. The Kier molecular flexibility index (Phi) is 5.58. The monoisotopic (exact) mass is 387 g/mol. The van der Waals surface area contributed by atoms with Crippen LogP contribution in [0.4, 0.5) is 5.69 Å². The fraction of sp³-hybridized carbons (Fsp3) is 0.222. The van der Waals surface area contributed by atoms with Crippen molar-refractivity contribution in [3.63, 3.8) is 0 Å². The maximum Gasteiger partial charge on any atom is 0.315 e. The largest absolute Gasteiger partial charge is 0.500 e. The Bertz CT molecular complexity index is 943. The summed E-state index contributed by atoms with van der Waals surface area (Å²) in [5.41, 5.74) is 2.84. The first kappa shape index (κ1) is 19.0. The van der Waals surface area contributed by atoms with Crippen molar-refractivity contribution in [2.45, 2.75) is 13.3 Å². The fourth-order valence-corrected chi connectivity index (χ4v) is 2.55. The van der Waals surface area contributed by atoms with Crippen molar-refractivity contribution in [3.05, 3.63) is 51.6 Å². The van der Waals surface area contributed by atoms with Crippen LogP contribution in [-0.4, -0.2) is 35.6 Å². The number of nitrogens with zero attached hydrogens (tertiary/aromatic N) is 2. The summed E-state index contributed by atoms with van der Waals surface area (Å²) in [6.07, 6.45) is 1.29. The highest BCUT2D eigenvalue weighted by Crippen LogP contribution is 2.36. The van der Waals surface area contributed by atoms with Crippen molar-refractivity contribution in [1.29, 1.82) is 0 Å². The zero-order chi connectivity index (χ0) is 20.1. The number of aromatic hydroxyl groups is 1. The molecule has 1 amide bonds. The summed E-state index contributed by atoms with van der Waals surface area (Å²) >= 11 is 0. The Balaban J connectivity index is 1.66. The minimum absolute atomic E-state index is 0.0372. The van der Waals surface area contributed by atoms with E-state index >= 15 is 0 Å². The molecule has 10 nitrogen and oxygen atoms in total. The number of benzene rings is 2. The maximum atomic E-state index is 12.0. The first-order chi connectivity index (χ1) is 13.5. The summed E-state index contributed by atoms with van der Waals surface area (Å²) < 4.78 is 15.7. The molecule has 1 heterocycles. The Labute approximate surface area is 159 Å². The van der Waals surface area contributed by atoms with Gasteiger partial charge in [0.05, 0.1) is 24.2 Å². The van der Waals surface area contributed by atoms with Crippen LogP contribution in [0.2, 0.25) is 0 Å². The molecule has 28 heavy (non-hydrogen) atoms. The number of ether oxygens (including phenoxy) is 3. The van der Waals surface area contributed by atoms with Gasteiger partial charge < -0.3 is 19.3 Å². The van der Waals surface area contributed by atoms with E-state index in [0.29, 0.717) is 11.5 Å². The third kappa shape index (κ3) is 4.29. The van der Waals surface area contributed by atoms with E-state index in [0.717, 1.165) is 11.6 Å². The number of phenols is 1. The molecular formula is C18H17N3O7. The number of hydrogen-bond acceptors (Lipinski definition) is 8. The van der Waals surface area contributed by atoms with Gasteiger partial charge in [0, 0.05) is 11.6 Å². The Morgan fingerprint density at radius 3 is 2.89 bits per heavy atom. The van der Waals surface area contributed by atoms with Gasteiger partial charge in [-0.05, 0) is 30.7 Å². The molecule has 0 fully saturated rings. The van der Waals surface area contributed by atoms with Crippen molar-refractivity contribution < 1.29 is 29.0 Å². The number of carbonyl (C=O) groups is 1. The average Bonchev–Trinajstić information content (AvgIpc) is 3.11. The first-order valence-electron chi connectivity index (χ1n) is 8.32. The van der Waals surface area contributed by atoms with Gasteiger partial charge in [-0.3, -0.25) is 14.9 Å². The molecular weight excluding hydrogens is 370 g/mol. The summed E-state index contributed by atoms with van der Waals surface area (Å²) in [4.78, 5) is 22.4. The molecule has 10 heteroatoms. The number of nitrogens with one attached hydrogen (secondary N) is 1. The van der Waals surface area contributed by atoms with Gasteiger partial charge in [0.1, 0.15) is 0 Å². The maximum absolute atomic E-state index is 12.0. The number of phenolic OH excluding ortho intramolecular Hbond substituents is 1. The van der Waals surface area contributed by atoms with E-state index in [4.69, 9.17) is 14.2 Å². The first-order valence-corrected chi connectivity index (χ1v) is 8.32. The van der Waals surface area contributed by atoms with Crippen LogP contribution in [0.3, 0.4) is 0 Å². The molecule has 2 aromatic carbocycles. The lowest BCUT2D eigenvalue weighted by molar-refractivity contribution is -0.386. The third-order valence-corrected chi connectivity index (χ3v) is 3.78. The van der Waals surface area contributed by atoms with Crippen molar-refractivity contribution in [2.75, 3.05) is 13.4 Å². The molecule has 0 bridgehead atoms. The summed E-state index contributed by atoms with van der Waals surface area (Å²) in [7, 11) is 0. The predicted octanol–water partition coefficient (Wildman–Crippen LogP) is 2.12. The van der Waals surface area contributed by atoms with E-state index in [1.54, 1.807) is 25.1 Å². The molecule has 2 N–H and O–H groups in total. The molecule has 0 aromatic heterocycles. The van der Waals surface area contributed by atoms with Crippen molar-refractivity contribution >= 4 is 17.8 Å². The van der Waals surface area contributed by atoms with Crippen LogP contribution >= 0.6 is 0 Å². The summed E-state index contributed by atoms with van der Waals surface area (Å²) in [5.74, 6) is 0.226. The number of nitro benzene ring substituents is 1. The lowest BCUT2D eigenvalue weighted by Crippen LogP contribution is -2.19. The van der Waals surface area contributed by atoms with Crippen LogP contribution < -0.4 is 19.6 Å². The van der Waals surface area contributed by atoms with Gasteiger partial charge in [-0.2, -0.15) is 5.10 Å². The molecule has 1 aliphatic heterocycles. The summed E-state index contributed by atoms with van der Waals surface area (Å²) in [6, 6.07) is 7.70. The molecule has 0 saturated carbocycles. The lowest BCUT2D eigenvalue weighted by Gasteiger charge is -2.07. The zero-order valence-corrected chi connectivity index (χ0v) is 14.9. The third-order valence-electron chi connectivity index (χ3n) is 3.78. The molecule has 2 aromatic rings. The molecule has 1 aliphatic rings. The topological polar surface area (TPSA) is 133 Å². The zero-order valence-electron chi connectivity index (χ0n) is 14.9. The Hall–Kier alpha value is -3.82. The number of rotatable bonds is 7. The molecule has 0 atom stereocenters. The fourth-order valence-electron chi connectivity index (χ4n) is 2.55. The second-order valence-corrected chi connectivity index (χ2v) is 5.73. The Morgan fingerprint density at radius 1 is 1.36 bits per heavy atom. The van der Waals surface area contributed by atoms with Gasteiger partial charge in [0.25, 0.3) is 0 Å². The van der Waals surface area contributed by atoms with Crippen LogP contribution in [-0.2, 0) is 11.2 Å². The number of hydrogen-bond donors (Lipinski definition) is 2. The molecule has 0 saturated heterocycles. The predicted molar refractivity (Wildman–Crippen MR) is 97.9 cm³/mol. The highest BCUT2D eigenvalue weighted by atomic mass is 16.7. The van der Waals surface area contributed by atoms with Crippen LogP contribution in [0.5, 0.6) is 23.0 Å². The number of nitro groups is 1. The van der Waals surface area contributed by atoms with Crippen molar-refractivity contribution in [3.8, 4) is 23.0 Å². The summed E-state index contributed by atoms with van der Waals surface area (Å²) in [6.45, 7) is 2.05. The SMILES string of the molecule is CCOc1cc(/C=N\NC(=O)Cc2ccc3c(c2)OCO3)cc([N+](=O)[O-])c1O. The van der Waals surface area contributed by atoms with E-state index in [-0.39, 0.29) is 37.0 Å². The van der Waals surface area contributed by atoms with E-state index in [1.165, 1.54) is 12.3 Å². The quantitative estimate of drug-likeness (QED) is 0.422. The summed E-state index contributed by atoms with van der Waals surface area (Å²) in [5, 5.41) is 24.7. The Morgan fingerprint density at radius 2 is 2.14 bits per heavy atom. The van der Waals surface area contributed by atoms with Crippen molar-refractivity contribution in [2.24, 2.45) is 5.10 Å². The van der Waals surface area contributed by atoms with Gasteiger partial charge in [-0.15, -0.1) is 0 Å². The highest BCUT2D eigenvalue weighted by Gasteiger charge is 2.20. The number of amides is 1. The van der Waals surface area contributed by atoms with E-state index in [1.807, 2.05) is 0 Å². The van der Waals surface area contributed by atoms with E-state index in [2.05, 4.69) is 10.5 Å². The molecule has 0 spiro atoms. The molecule has 0 radical (unpaired) electrons. The lowest BCUT2D eigenvalue weighted by atomic mass is 10.1. The minimum atomic E-state index is -0.729. The number of hydrazone groups is 1. The van der Waals surface area contributed by atoms with Gasteiger partial charge in [0.2, 0.25) is 18.4 Å². The number of fused-ring (bicyclic) bond motifs is 1. The smallest absolute Gasteiger partial charge is 0.315 e. The van der Waals surface area contributed by atoms with Crippen LogP contribution in [0, 0.1) is 10.1 Å². The minimum Gasteiger partial charge on any atom is -0.500 e. The van der Waals surface area contributed by atoms with Crippen molar-refractivity contribution in [1.82, 2.24) is 5.43 Å². The van der Waals surface area contributed by atoms with Gasteiger partial charge >= 0.3 is 5.69 Å². The normalized spacial score (nSPS) is 12.2. The molecule has 0 unspecified atom stereocenters. The van der Waals surface area contributed by atoms with Gasteiger partial charge in [0.15, 0.2) is 17.2 Å².